The van der Waals surface area contributed by atoms with E-state index in [2.05, 4.69) is 6.08 Å². The molecule has 0 aliphatic rings. The van der Waals surface area contributed by atoms with E-state index in [4.69, 9.17) is 0 Å². The van der Waals surface area contributed by atoms with Crippen LogP contribution in [0.2, 0.25) is 0 Å². The molecule has 66 valence electrons. The standard InChI is InChI=1S/C9H16F2/c1-2-3-4-5-6-7-8-9(10)11/h2-3,9H,4-8H2,1H3. The molecule has 0 aromatic rings. The van der Waals surface area contributed by atoms with Crippen molar-refractivity contribution < 1.29 is 8.78 Å². The number of rotatable bonds is 6. The molecule has 0 fully saturated rings. The predicted octanol–water partition coefficient (Wildman–Crippen LogP) is 3.78. The molecule has 0 spiro atoms. The first-order chi connectivity index (χ1) is 5.27. The predicted molar refractivity (Wildman–Crippen MR) is 43.9 cm³/mol. The lowest BCUT2D eigenvalue weighted by Gasteiger charge is -1.97. The van der Waals surface area contributed by atoms with Gasteiger partial charge in [0, 0.05) is 6.42 Å². The van der Waals surface area contributed by atoms with Gasteiger partial charge in [-0.25, -0.2) is 8.78 Å². The molecule has 0 radical (unpaired) electrons. The van der Waals surface area contributed by atoms with Crippen molar-refractivity contribution in [2.75, 3.05) is 0 Å². The van der Waals surface area contributed by atoms with E-state index >= 15 is 0 Å². The summed E-state index contributed by atoms with van der Waals surface area (Å²) < 4.78 is 23.2. The molecular weight excluding hydrogens is 146 g/mol. The van der Waals surface area contributed by atoms with Gasteiger partial charge < -0.3 is 0 Å². The molecule has 0 heterocycles. The van der Waals surface area contributed by atoms with Gasteiger partial charge in [-0.2, -0.15) is 0 Å². The molecule has 0 aliphatic heterocycles. The first-order valence-electron chi connectivity index (χ1n) is 4.16. The van der Waals surface area contributed by atoms with Gasteiger partial charge in [0.2, 0.25) is 6.43 Å². The smallest absolute Gasteiger partial charge is 0.211 e. The maximum atomic E-state index is 11.6. The average molecular weight is 162 g/mol. The highest BCUT2D eigenvalue weighted by Crippen LogP contribution is 2.08. The van der Waals surface area contributed by atoms with Crippen LogP contribution >= 0.6 is 0 Å². The van der Waals surface area contributed by atoms with Crippen molar-refractivity contribution in [2.45, 2.75) is 45.5 Å². The number of hydrogen-bond donors (Lipinski definition) is 0. The summed E-state index contributed by atoms with van der Waals surface area (Å²) in [7, 11) is 0. The van der Waals surface area contributed by atoms with Crippen molar-refractivity contribution in [3.05, 3.63) is 12.2 Å². The fourth-order valence-corrected chi connectivity index (χ4v) is 0.904. The lowest BCUT2D eigenvalue weighted by Crippen LogP contribution is -1.88. The molecule has 11 heavy (non-hydrogen) atoms. The maximum absolute atomic E-state index is 11.6. The molecule has 0 bridgehead atoms. The summed E-state index contributed by atoms with van der Waals surface area (Å²) in [6.07, 6.45) is 5.67. The summed E-state index contributed by atoms with van der Waals surface area (Å²) >= 11 is 0. The second-order valence-corrected chi connectivity index (χ2v) is 2.60. The third kappa shape index (κ3) is 9.60. The molecule has 2 heteroatoms. The van der Waals surface area contributed by atoms with Gasteiger partial charge in [-0.1, -0.05) is 18.6 Å². The van der Waals surface area contributed by atoms with Crippen LogP contribution in [0.15, 0.2) is 12.2 Å². The molecular formula is C9H16F2. The largest absolute Gasteiger partial charge is 0.238 e. The monoisotopic (exact) mass is 162 g/mol. The summed E-state index contributed by atoms with van der Waals surface area (Å²) in [4.78, 5) is 0. The van der Waals surface area contributed by atoms with Crippen molar-refractivity contribution in [3.63, 3.8) is 0 Å². The fourth-order valence-electron chi connectivity index (χ4n) is 0.904. The number of unbranched alkanes of at least 4 members (excludes halogenated alkanes) is 3. The Bertz CT molecular complexity index is 97.7. The van der Waals surface area contributed by atoms with Crippen molar-refractivity contribution in [1.82, 2.24) is 0 Å². The van der Waals surface area contributed by atoms with Crippen LogP contribution in [-0.2, 0) is 0 Å². The molecule has 0 aliphatic carbocycles. The third-order valence-electron chi connectivity index (χ3n) is 1.53. The van der Waals surface area contributed by atoms with E-state index in [0.717, 1.165) is 19.3 Å². The summed E-state index contributed by atoms with van der Waals surface area (Å²) in [5.74, 6) is 0. The zero-order valence-electron chi connectivity index (χ0n) is 7.02. The Balaban J connectivity index is 2.91. The topological polar surface area (TPSA) is 0 Å². The van der Waals surface area contributed by atoms with Crippen LogP contribution < -0.4 is 0 Å². The molecule has 0 unspecified atom stereocenters. The average Bonchev–Trinajstić information content (AvgIpc) is 1.96. The molecule has 0 atom stereocenters. The molecule has 0 rings (SSSR count). The molecule has 0 aromatic carbocycles. The Morgan fingerprint density at radius 3 is 2.45 bits per heavy atom. The third-order valence-corrected chi connectivity index (χ3v) is 1.53. The van der Waals surface area contributed by atoms with Gasteiger partial charge in [-0.3, -0.25) is 0 Å². The van der Waals surface area contributed by atoms with E-state index < -0.39 is 6.43 Å². The summed E-state index contributed by atoms with van der Waals surface area (Å²) in [5.41, 5.74) is 0. The minimum Gasteiger partial charge on any atom is -0.211 e. The van der Waals surface area contributed by atoms with E-state index in [0.29, 0.717) is 6.42 Å². The molecule has 0 saturated heterocycles. The molecule has 0 saturated carbocycles. The minimum absolute atomic E-state index is 0.0653. The first-order valence-corrected chi connectivity index (χ1v) is 4.16. The second-order valence-electron chi connectivity index (χ2n) is 2.60. The summed E-state index contributed by atoms with van der Waals surface area (Å²) in [6, 6.07) is 0. The maximum Gasteiger partial charge on any atom is 0.238 e. The van der Waals surface area contributed by atoms with Gasteiger partial charge in [0.1, 0.15) is 0 Å². The van der Waals surface area contributed by atoms with Crippen molar-refractivity contribution in [1.29, 1.82) is 0 Å². The molecule has 0 N–H and O–H groups in total. The number of hydrogen-bond acceptors (Lipinski definition) is 0. The van der Waals surface area contributed by atoms with Crippen LogP contribution in [0.4, 0.5) is 8.78 Å². The Morgan fingerprint density at radius 2 is 1.91 bits per heavy atom. The van der Waals surface area contributed by atoms with E-state index in [-0.39, 0.29) is 6.42 Å². The van der Waals surface area contributed by atoms with Crippen LogP contribution in [-0.4, -0.2) is 6.43 Å². The minimum atomic E-state index is -2.11. The zero-order chi connectivity index (χ0) is 8.53. The fraction of sp³-hybridized carbons (Fsp3) is 0.778. The highest BCUT2D eigenvalue weighted by molar-refractivity contribution is 4.76. The number of alkyl halides is 2. The van der Waals surface area contributed by atoms with Crippen LogP contribution in [0.25, 0.3) is 0 Å². The van der Waals surface area contributed by atoms with E-state index in [1.807, 2.05) is 13.0 Å². The van der Waals surface area contributed by atoms with Crippen LogP contribution in [0.5, 0.6) is 0 Å². The van der Waals surface area contributed by atoms with Crippen molar-refractivity contribution >= 4 is 0 Å². The van der Waals surface area contributed by atoms with Gasteiger partial charge in [-0.05, 0) is 26.2 Å². The highest BCUT2D eigenvalue weighted by atomic mass is 19.3. The van der Waals surface area contributed by atoms with Gasteiger partial charge in [0.25, 0.3) is 0 Å². The Hall–Kier alpha value is -0.400. The molecule has 0 amide bonds. The lowest BCUT2D eigenvalue weighted by atomic mass is 10.1. The highest BCUT2D eigenvalue weighted by Gasteiger charge is 1.99. The normalized spacial score (nSPS) is 11.6. The van der Waals surface area contributed by atoms with Crippen LogP contribution in [0.3, 0.4) is 0 Å². The Kier molecular flexibility index (Phi) is 7.42. The van der Waals surface area contributed by atoms with E-state index in [9.17, 15) is 8.78 Å². The second kappa shape index (κ2) is 7.70. The molecule has 0 nitrogen and oxygen atoms in total. The number of allylic oxidation sites excluding steroid dienone is 2. The summed E-state index contributed by atoms with van der Waals surface area (Å²) in [6.45, 7) is 1.97. The van der Waals surface area contributed by atoms with Gasteiger partial charge in [-0.15, -0.1) is 0 Å². The summed E-state index contributed by atoms with van der Waals surface area (Å²) in [5, 5.41) is 0. The lowest BCUT2D eigenvalue weighted by molar-refractivity contribution is 0.134. The van der Waals surface area contributed by atoms with Crippen molar-refractivity contribution in [2.24, 2.45) is 0 Å². The SMILES string of the molecule is CC=CCCCCCC(F)F. The van der Waals surface area contributed by atoms with Gasteiger partial charge >= 0.3 is 0 Å². The Labute approximate surface area is 67.3 Å². The van der Waals surface area contributed by atoms with Gasteiger partial charge in [0.15, 0.2) is 0 Å². The van der Waals surface area contributed by atoms with E-state index in [1.165, 1.54) is 0 Å². The van der Waals surface area contributed by atoms with Crippen LogP contribution in [0.1, 0.15) is 39.0 Å². The van der Waals surface area contributed by atoms with E-state index in [1.54, 1.807) is 0 Å². The first kappa shape index (κ1) is 10.6. The number of halogens is 2. The Morgan fingerprint density at radius 1 is 1.18 bits per heavy atom. The molecule has 0 aromatic heterocycles. The zero-order valence-corrected chi connectivity index (χ0v) is 7.02. The quantitative estimate of drug-likeness (QED) is 0.412. The van der Waals surface area contributed by atoms with Crippen molar-refractivity contribution in [3.8, 4) is 0 Å². The van der Waals surface area contributed by atoms with Gasteiger partial charge in [0.05, 0.1) is 0 Å². The van der Waals surface area contributed by atoms with Crippen LogP contribution in [0, 0.1) is 0 Å².